The molecule has 3 rings (SSSR count). The molecule has 0 aromatic heterocycles. The van der Waals surface area contributed by atoms with Gasteiger partial charge in [0.2, 0.25) is 0 Å². The van der Waals surface area contributed by atoms with E-state index in [-0.39, 0.29) is 16.5 Å². The van der Waals surface area contributed by atoms with Crippen LogP contribution in [-0.2, 0) is 10.8 Å². The van der Waals surface area contributed by atoms with Gasteiger partial charge in [-0.2, -0.15) is 0 Å². The Kier molecular flexibility index (Phi) is 7.45. The SMILES string of the molecule is C=C1CCCCC1P(Oc1ccc(C)cc1C(C)(C)C)Oc1ccc(C)cc1C(C)(C)C. The fraction of sp³-hybridized carbons (Fsp3) is 0.517. The highest BCUT2D eigenvalue weighted by molar-refractivity contribution is 7.49. The van der Waals surface area contributed by atoms with Gasteiger partial charge in [0.15, 0.2) is 0 Å². The van der Waals surface area contributed by atoms with Gasteiger partial charge in [0.1, 0.15) is 11.5 Å². The van der Waals surface area contributed by atoms with Crippen molar-refractivity contribution in [3.8, 4) is 11.5 Å². The minimum atomic E-state index is -1.22. The molecule has 0 spiro atoms. The summed E-state index contributed by atoms with van der Waals surface area (Å²) < 4.78 is 13.6. The molecule has 0 radical (unpaired) electrons. The monoisotopic (exact) mass is 452 g/mol. The van der Waals surface area contributed by atoms with Gasteiger partial charge in [-0.25, -0.2) is 0 Å². The zero-order valence-electron chi connectivity index (χ0n) is 21.3. The van der Waals surface area contributed by atoms with E-state index in [0.29, 0.717) is 0 Å². The molecular weight excluding hydrogens is 411 g/mol. The third kappa shape index (κ3) is 5.96. The van der Waals surface area contributed by atoms with Crippen LogP contribution in [0.4, 0.5) is 0 Å². The van der Waals surface area contributed by atoms with E-state index in [1.165, 1.54) is 40.7 Å². The summed E-state index contributed by atoms with van der Waals surface area (Å²) in [4.78, 5) is 0. The molecule has 1 fully saturated rings. The summed E-state index contributed by atoms with van der Waals surface area (Å²) in [5, 5.41) is 0. The number of hydrogen-bond donors (Lipinski definition) is 0. The lowest BCUT2D eigenvalue weighted by atomic mass is 9.85. The van der Waals surface area contributed by atoms with Crippen LogP contribution < -0.4 is 9.05 Å². The third-order valence-corrected chi connectivity index (χ3v) is 8.10. The van der Waals surface area contributed by atoms with Gasteiger partial charge in [0.25, 0.3) is 8.38 Å². The van der Waals surface area contributed by atoms with Gasteiger partial charge in [-0.3, -0.25) is 0 Å². The summed E-state index contributed by atoms with van der Waals surface area (Å²) in [5.74, 6) is 1.88. The summed E-state index contributed by atoms with van der Waals surface area (Å²) in [6.07, 6.45) is 4.57. The average Bonchev–Trinajstić information content (AvgIpc) is 2.69. The lowest BCUT2D eigenvalue weighted by Crippen LogP contribution is -2.21. The van der Waals surface area contributed by atoms with Crippen molar-refractivity contribution in [2.24, 2.45) is 0 Å². The molecule has 1 atom stereocenters. The molecule has 0 heterocycles. The van der Waals surface area contributed by atoms with Crippen LogP contribution in [-0.4, -0.2) is 5.66 Å². The zero-order valence-corrected chi connectivity index (χ0v) is 22.2. The fourth-order valence-corrected chi connectivity index (χ4v) is 6.09. The molecule has 1 unspecified atom stereocenters. The Morgan fingerprint density at radius 1 is 0.781 bits per heavy atom. The minimum Gasteiger partial charge on any atom is -0.438 e. The van der Waals surface area contributed by atoms with Crippen molar-refractivity contribution in [3.63, 3.8) is 0 Å². The largest absolute Gasteiger partial charge is 0.438 e. The Balaban J connectivity index is 2.03. The standard InChI is InChI=1S/C29H41O2P/c1-20-14-16-25(23(18-20)28(4,5)6)30-32(27-13-11-10-12-22(27)3)31-26-17-15-21(2)19-24(26)29(7,8)9/h14-19,27H,3,10-13H2,1-2,4-9H3. The van der Waals surface area contributed by atoms with Gasteiger partial charge in [0, 0.05) is 11.1 Å². The second-order valence-corrected chi connectivity index (χ2v) is 12.9. The quantitative estimate of drug-likeness (QED) is 0.332. The van der Waals surface area contributed by atoms with Crippen LogP contribution in [0.2, 0.25) is 0 Å². The maximum absolute atomic E-state index is 6.82. The number of benzene rings is 2. The molecule has 2 aromatic carbocycles. The predicted octanol–water partition coefficient (Wildman–Crippen LogP) is 9.17. The Bertz CT molecular complexity index is 897. The fourth-order valence-electron chi connectivity index (χ4n) is 4.27. The van der Waals surface area contributed by atoms with Crippen LogP contribution in [0.5, 0.6) is 11.5 Å². The van der Waals surface area contributed by atoms with Crippen LogP contribution >= 0.6 is 8.38 Å². The van der Waals surface area contributed by atoms with Gasteiger partial charge in [-0.15, -0.1) is 0 Å². The summed E-state index contributed by atoms with van der Waals surface area (Å²) in [6, 6.07) is 13.0. The van der Waals surface area contributed by atoms with E-state index in [0.717, 1.165) is 24.3 Å². The molecular formula is C29H41O2P. The van der Waals surface area contributed by atoms with Crippen LogP contribution in [0.15, 0.2) is 48.6 Å². The molecule has 174 valence electrons. The summed E-state index contributed by atoms with van der Waals surface area (Å²) in [7, 11) is -1.22. The number of aryl methyl sites for hydroxylation is 2. The van der Waals surface area contributed by atoms with Crippen LogP contribution in [0, 0.1) is 13.8 Å². The first-order chi connectivity index (χ1) is 14.9. The molecule has 32 heavy (non-hydrogen) atoms. The second kappa shape index (κ2) is 9.60. The van der Waals surface area contributed by atoms with Crippen molar-refractivity contribution in [1.82, 2.24) is 0 Å². The van der Waals surface area contributed by atoms with E-state index in [1.54, 1.807) is 0 Å². The Labute approximate surface area is 197 Å². The Morgan fingerprint density at radius 2 is 1.25 bits per heavy atom. The van der Waals surface area contributed by atoms with Crippen molar-refractivity contribution in [2.45, 2.75) is 97.6 Å². The smallest absolute Gasteiger partial charge is 0.298 e. The van der Waals surface area contributed by atoms with Gasteiger partial charge < -0.3 is 9.05 Å². The molecule has 0 saturated heterocycles. The molecule has 0 aliphatic heterocycles. The molecule has 0 N–H and O–H groups in total. The number of hydrogen-bond acceptors (Lipinski definition) is 2. The van der Waals surface area contributed by atoms with Crippen molar-refractivity contribution >= 4 is 8.38 Å². The first-order valence-corrected chi connectivity index (χ1v) is 13.2. The average molecular weight is 453 g/mol. The van der Waals surface area contributed by atoms with E-state index in [9.17, 15) is 0 Å². The first-order valence-electron chi connectivity index (χ1n) is 11.9. The second-order valence-electron chi connectivity index (χ2n) is 11.4. The van der Waals surface area contributed by atoms with Gasteiger partial charge in [-0.1, -0.05) is 95.5 Å². The summed E-state index contributed by atoms with van der Waals surface area (Å²) in [6.45, 7) is 22.2. The number of rotatable bonds is 5. The summed E-state index contributed by atoms with van der Waals surface area (Å²) in [5.41, 5.74) is 6.48. The Hall–Kier alpha value is -1.79. The van der Waals surface area contributed by atoms with Gasteiger partial charge >= 0.3 is 0 Å². The topological polar surface area (TPSA) is 18.5 Å². The van der Waals surface area contributed by atoms with E-state index >= 15 is 0 Å². The van der Waals surface area contributed by atoms with Crippen LogP contribution in [0.25, 0.3) is 0 Å². The maximum atomic E-state index is 6.82. The third-order valence-electron chi connectivity index (χ3n) is 6.21. The highest BCUT2D eigenvalue weighted by Gasteiger charge is 2.34. The minimum absolute atomic E-state index is 0.00758. The van der Waals surface area contributed by atoms with Gasteiger partial charge in [0.05, 0.1) is 5.66 Å². The lowest BCUT2D eigenvalue weighted by molar-refractivity contribution is 0.440. The maximum Gasteiger partial charge on any atom is 0.298 e. The molecule has 0 bridgehead atoms. The molecule has 3 heteroatoms. The number of allylic oxidation sites excluding steroid dienone is 1. The zero-order chi connectivity index (χ0) is 23.7. The highest BCUT2D eigenvalue weighted by Crippen LogP contribution is 2.54. The van der Waals surface area contributed by atoms with Crippen LogP contribution in [0.3, 0.4) is 0 Å². The lowest BCUT2D eigenvalue weighted by Gasteiger charge is -2.34. The first kappa shape index (κ1) is 24.8. The van der Waals surface area contributed by atoms with Crippen molar-refractivity contribution < 1.29 is 9.05 Å². The van der Waals surface area contributed by atoms with Crippen molar-refractivity contribution in [1.29, 1.82) is 0 Å². The Morgan fingerprint density at radius 3 is 1.66 bits per heavy atom. The van der Waals surface area contributed by atoms with Crippen molar-refractivity contribution in [2.75, 3.05) is 0 Å². The van der Waals surface area contributed by atoms with E-state index in [4.69, 9.17) is 9.05 Å². The summed E-state index contributed by atoms with van der Waals surface area (Å²) >= 11 is 0. The highest BCUT2D eigenvalue weighted by atomic mass is 31.2. The molecule has 1 aliphatic carbocycles. The molecule has 1 saturated carbocycles. The normalized spacial score (nSPS) is 17.5. The molecule has 2 aromatic rings. The van der Waals surface area contributed by atoms with E-state index < -0.39 is 8.38 Å². The van der Waals surface area contributed by atoms with E-state index in [2.05, 4.69) is 98.4 Å². The molecule has 2 nitrogen and oxygen atoms in total. The molecule has 0 amide bonds. The van der Waals surface area contributed by atoms with E-state index in [1.807, 2.05) is 0 Å². The van der Waals surface area contributed by atoms with Crippen molar-refractivity contribution in [3.05, 3.63) is 70.8 Å². The predicted molar refractivity (Wildman–Crippen MR) is 139 cm³/mol. The van der Waals surface area contributed by atoms with Gasteiger partial charge in [-0.05, 0) is 56.1 Å². The molecule has 1 aliphatic rings. The van der Waals surface area contributed by atoms with Crippen LogP contribution in [0.1, 0.15) is 89.5 Å².